The molecule has 2 amide bonds. The second-order valence-corrected chi connectivity index (χ2v) is 7.69. The number of methoxy groups -OCH3 is 1. The molecular formula is C20H25N5O3. The molecule has 2 aliphatic rings. The first kappa shape index (κ1) is 18.5. The number of fused-ring (bicyclic) bond motifs is 1. The van der Waals surface area contributed by atoms with E-state index in [4.69, 9.17) is 9.73 Å². The summed E-state index contributed by atoms with van der Waals surface area (Å²) in [5, 5.41) is 17.3. The zero-order chi connectivity index (χ0) is 19.9. The zero-order valence-corrected chi connectivity index (χ0v) is 16.4. The fourth-order valence-electron chi connectivity index (χ4n) is 3.71. The van der Waals surface area contributed by atoms with E-state index in [1.165, 1.54) is 0 Å². The van der Waals surface area contributed by atoms with Gasteiger partial charge in [-0.3, -0.25) is 10.00 Å². The standard InChI is InChI=1S/C20H25N5O3/c1-20(27)6-8-25(9-7-20)19(26)23-17-10-15-16(28-3)5-4-14(18(15)22-17)13-11-21-24(2)12-13/h4-5,11-12,27H,6-10H2,1-3H3,(H,22,23,26). The molecule has 0 atom stereocenters. The van der Waals surface area contributed by atoms with E-state index in [-0.39, 0.29) is 6.03 Å². The van der Waals surface area contributed by atoms with Crippen LogP contribution in [0.3, 0.4) is 0 Å². The normalized spacial score (nSPS) is 17.9. The van der Waals surface area contributed by atoms with Crippen LogP contribution < -0.4 is 10.1 Å². The number of amidine groups is 1. The van der Waals surface area contributed by atoms with Gasteiger partial charge in [0.05, 0.1) is 24.6 Å². The van der Waals surface area contributed by atoms with Crippen LogP contribution in [0.25, 0.3) is 11.1 Å². The van der Waals surface area contributed by atoms with Crippen LogP contribution in [0.15, 0.2) is 29.5 Å². The van der Waals surface area contributed by atoms with Crippen molar-refractivity contribution >= 4 is 17.6 Å². The molecule has 1 aromatic carbocycles. The molecule has 3 heterocycles. The van der Waals surface area contributed by atoms with Crippen LogP contribution >= 0.6 is 0 Å². The number of aryl methyl sites for hydroxylation is 1. The molecule has 2 N–H and O–H groups in total. The number of amides is 2. The van der Waals surface area contributed by atoms with Crippen molar-refractivity contribution < 1.29 is 14.6 Å². The molecule has 2 aliphatic heterocycles. The monoisotopic (exact) mass is 383 g/mol. The minimum Gasteiger partial charge on any atom is -0.496 e. The number of hydrogen-bond donors (Lipinski definition) is 2. The van der Waals surface area contributed by atoms with Gasteiger partial charge in [-0.2, -0.15) is 5.10 Å². The maximum Gasteiger partial charge on any atom is 0.322 e. The van der Waals surface area contributed by atoms with E-state index in [0.29, 0.717) is 38.2 Å². The quantitative estimate of drug-likeness (QED) is 0.832. The number of likely N-dealkylation sites (tertiary alicyclic amines) is 1. The van der Waals surface area contributed by atoms with Crippen molar-refractivity contribution in [3.05, 3.63) is 30.1 Å². The van der Waals surface area contributed by atoms with Crippen molar-refractivity contribution in [2.75, 3.05) is 20.2 Å². The number of nitrogens with one attached hydrogen (secondary N) is 1. The zero-order valence-electron chi connectivity index (χ0n) is 16.4. The molecule has 148 valence electrons. The molecule has 8 nitrogen and oxygen atoms in total. The van der Waals surface area contributed by atoms with E-state index in [1.807, 2.05) is 32.3 Å². The summed E-state index contributed by atoms with van der Waals surface area (Å²) >= 11 is 0. The van der Waals surface area contributed by atoms with E-state index in [9.17, 15) is 9.90 Å². The topological polar surface area (TPSA) is 92.0 Å². The second-order valence-electron chi connectivity index (χ2n) is 7.69. The number of aliphatic imine (C=N–C) groups is 1. The molecule has 2 aromatic rings. The lowest BCUT2D eigenvalue weighted by atomic mass is 9.94. The number of urea groups is 1. The van der Waals surface area contributed by atoms with Crippen molar-refractivity contribution in [3.8, 4) is 16.9 Å². The van der Waals surface area contributed by atoms with Crippen LogP contribution in [0.2, 0.25) is 0 Å². The number of piperidine rings is 1. The van der Waals surface area contributed by atoms with Gasteiger partial charge in [-0.25, -0.2) is 9.79 Å². The van der Waals surface area contributed by atoms with Gasteiger partial charge < -0.3 is 14.7 Å². The molecule has 0 spiro atoms. The van der Waals surface area contributed by atoms with Gasteiger partial charge in [0, 0.05) is 49.4 Å². The summed E-state index contributed by atoms with van der Waals surface area (Å²) in [4.78, 5) is 19.1. The Balaban J connectivity index is 1.56. The van der Waals surface area contributed by atoms with Crippen LogP contribution in [0, 0.1) is 0 Å². The minimum atomic E-state index is -0.691. The van der Waals surface area contributed by atoms with Crippen LogP contribution in [0.5, 0.6) is 5.75 Å². The van der Waals surface area contributed by atoms with Crippen molar-refractivity contribution in [1.82, 2.24) is 20.0 Å². The van der Waals surface area contributed by atoms with Crippen LogP contribution in [0.1, 0.15) is 25.3 Å². The van der Waals surface area contributed by atoms with E-state index in [1.54, 1.807) is 22.9 Å². The van der Waals surface area contributed by atoms with E-state index in [2.05, 4.69) is 10.4 Å². The largest absolute Gasteiger partial charge is 0.496 e. The number of aromatic nitrogens is 2. The fourth-order valence-corrected chi connectivity index (χ4v) is 3.71. The van der Waals surface area contributed by atoms with Crippen molar-refractivity contribution in [1.29, 1.82) is 0 Å². The molecule has 4 rings (SSSR count). The predicted molar refractivity (Wildman–Crippen MR) is 106 cm³/mol. The Kier molecular flexibility index (Phi) is 4.58. The highest BCUT2D eigenvalue weighted by Crippen LogP contribution is 2.42. The summed E-state index contributed by atoms with van der Waals surface area (Å²) in [6.07, 6.45) is 5.39. The summed E-state index contributed by atoms with van der Waals surface area (Å²) < 4.78 is 7.25. The third-order valence-corrected chi connectivity index (χ3v) is 5.45. The Bertz CT molecular complexity index is 937. The first-order valence-electron chi connectivity index (χ1n) is 9.41. The first-order valence-corrected chi connectivity index (χ1v) is 9.41. The number of aliphatic hydroxyl groups is 1. The van der Waals surface area contributed by atoms with Gasteiger partial charge >= 0.3 is 6.03 Å². The highest BCUT2D eigenvalue weighted by Gasteiger charge is 2.31. The molecule has 28 heavy (non-hydrogen) atoms. The third-order valence-electron chi connectivity index (χ3n) is 5.45. The minimum absolute atomic E-state index is 0.177. The van der Waals surface area contributed by atoms with Crippen molar-refractivity contribution in [2.45, 2.75) is 31.8 Å². The highest BCUT2D eigenvalue weighted by atomic mass is 16.5. The number of hydrogen-bond acceptors (Lipinski definition) is 5. The average molecular weight is 383 g/mol. The number of ether oxygens (including phenoxy) is 1. The highest BCUT2D eigenvalue weighted by molar-refractivity contribution is 6.04. The molecular weight excluding hydrogens is 358 g/mol. The van der Waals surface area contributed by atoms with Crippen LogP contribution in [-0.2, 0) is 13.5 Å². The van der Waals surface area contributed by atoms with Crippen LogP contribution in [0.4, 0.5) is 10.5 Å². The summed E-state index contributed by atoms with van der Waals surface area (Å²) in [5.41, 5.74) is 3.01. The summed E-state index contributed by atoms with van der Waals surface area (Å²) in [6.45, 7) is 2.87. The van der Waals surface area contributed by atoms with Gasteiger partial charge in [-0.05, 0) is 31.9 Å². The fraction of sp³-hybridized carbons (Fsp3) is 0.450. The maximum absolute atomic E-state index is 12.6. The number of nitrogens with zero attached hydrogens (tertiary/aromatic N) is 4. The Hall–Kier alpha value is -2.87. The van der Waals surface area contributed by atoms with Gasteiger partial charge in [-0.1, -0.05) is 0 Å². The molecule has 0 aliphatic carbocycles. The number of carbonyl (C=O) groups excluding carboxylic acids is 1. The first-order chi connectivity index (χ1) is 13.4. The molecule has 0 unspecified atom stereocenters. The summed E-state index contributed by atoms with van der Waals surface area (Å²) in [5.74, 6) is 1.36. The third kappa shape index (κ3) is 3.47. The van der Waals surface area contributed by atoms with Crippen LogP contribution in [-0.4, -0.2) is 57.5 Å². The summed E-state index contributed by atoms with van der Waals surface area (Å²) in [7, 11) is 3.51. The molecule has 0 bridgehead atoms. The molecule has 0 radical (unpaired) electrons. The smallest absolute Gasteiger partial charge is 0.322 e. The lowest BCUT2D eigenvalue weighted by Crippen LogP contribution is -2.50. The number of benzene rings is 1. The Morgan fingerprint density at radius 2 is 2.07 bits per heavy atom. The SMILES string of the molecule is COc1ccc(-c2cnn(C)c2)c2c1CC(NC(=O)N1CCC(C)(O)CC1)=N2. The van der Waals surface area contributed by atoms with Gasteiger partial charge in [0.1, 0.15) is 11.6 Å². The lowest BCUT2D eigenvalue weighted by Gasteiger charge is -2.35. The van der Waals surface area contributed by atoms with Crippen molar-refractivity contribution in [3.63, 3.8) is 0 Å². The molecule has 1 fully saturated rings. The lowest BCUT2D eigenvalue weighted by molar-refractivity contribution is 0.00483. The van der Waals surface area contributed by atoms with Gasteiger partial charge in [0.15, 0.2) is 0 Å². The van der Waals surface area contributed by atoms with E-state index < -0.39 is 5.60 Å². The Morgan fingerprint density at radius 1 is 1.32 bits per heavy atom. The number of rotatable bonds is 2. The van der Waals surface area contributed by atoms with Crippen molar-refractivity contribution in [2.24, 2.45) is 12.0 Å². The molecule has 0 saturated carbocycles. The van der Waals surface area contributed by atoms with Gasteiger partial charge in [0.25, 0.3) is 0 Å². The van der Waals surface area contributed by atoms with E-state index >= 15 is 0 Å². The summed E-state index contributed by atoms with van der Waals surface area (Å²) in [6, 6.07) is 3.72. The second kappa shape index (κ2) is 6.94. The molecule has 1 saturated heterocycles. The average Bonchev–Trinajstić information content (AvgIpc) is 3.26. The molecule has 8 heteroatoms. The number of carbonyl (C=O) groups is 1. The Morgan fingerprint density at radius 3 is 2.71 bits per heavy atom. The Labute approximate surface area is 163 Å². The van der Waals surface area contributed by atoms with Gasteiger partial charge in [0.2, 0.25) is 0 Å². The van der Waals surface area contributed by atoms with E-state index in [0.717, 1.165) is 28.1 Å². The van der Waals surface area contributed by atoms with Gasteiger partial charge in [-0.15, -0.1) is 0 Å². The maximum atomic E-state index is 12.6. The molecule has 1 aromatic heterocycles. The predicted octanol–water partition coefficient (Wildman–Crippen LogP) is 2.24.